The number of rotatable bonds is 5. The maximum absolute atomic E-state index is 10.1. The van der Waals surface area contributed by atoms with Gasteiger partial charge in [-0.05, 0) is 30.4 Å². The zero-order valence-electron chi connectivity index (χ0n) is 12.9. The molecule has 3 nitrogen and oxygen atoms in total. The van der Waals surface area contributed by atoms with Crippen LogP contribution < -0.4 is 0 Å². The fourth-order valence-corrected chi connectivity index (χ4v) is 1.73. The number of hydrogen-bond donors (Lipinski definition) is 2. The van der Waals surface area contributed by atoms with Gasteiger partial charge in [-0.2, -0.15) is 0 Å². The van der Waals surface area contributed by atoms with Gasteiger partial charge in [0, 0.05) is 23.2 Å². The lowest BCUT2D eigenvalue weighted by molar-refractivity contribution is 0.112. The van der Waals surface area contributed by atoms with Crippen LogP contribution in [-0.2, 0) is 0 Å². The van der Waals surface area contributed by atoms with Crippen LogP contribution in [0.5, 0.6) is 0 Å². The van der Waals surface area contributed by atoms with Crippen LogP contribution in [0, 0.1) is 5.41 Å². The second-order valence-corrected chi connectivity index (χ2v) is 5.70. The maximum atomic E-state index is 10.1. The smallest absolute Gasteiger partial charge is 0.150 e. The zero-order chi connectivity index (χ0) is 16.0. The second kappa shape index (κ2) is 13.3. The van der Waals surface area contributed by atoms with E-state index in [9.17, 15) is 4.79 Å². The van der Waals surface area contributed by atoms with Gasteiger partial charge in [-0.15, -0.1) is 0 Å². The third-order valence-corrected chi connectivity index (χ3v) is 3.06. The highest BCUT2D eigenvalue weighted by Crippen LogP contribution is 2.23. The zero-order valence-corrected chi connectivity index (χ0v) is 14.5. The minimum Gasteiger partial charge on any atom is -0.396 e. The molecule has 0 heterocycles. The van der Waals surface area contributed by atoms with Crippen LogP contribution in [0.1, 0.15) is 50.9 Å². The Morgan fingerprint density at radius 3 is 1.95 bits per heavy atom. The van der Waals surface area contributed by atoms with Gasteiger partial charge in [0.25, 0.3) is 0 Å². The van der Waals surface area contributed by atoms with Crippen molar-refractivity contribution in [3.8, 4) is 0 Å². The molecule has 0 saturated heterocycles. The molecule has 0 aliphatic heterocycles. The first-order chi connectivity index (χ1) is 9.45. The third kappa shape index (κ3) is 12.3. The number of aliphatic hydroxyl groups excluding tert-OH is 2. The van der Waals surface area contributed by atoms with Gasteiger partial charge in [-0.3, -0.25) is 4.79 Å². The summed E-state index contributed by atoms with van der Waals surface area (Å²) in [5.74, 6) is 0. The van der Waals surface area contributed by atoms with Crippen molar-refractivity contribution in [3.63, 3.8) is 0 Å². The molecule has 0 aromatic heterocycles. The van der Waals surface area contributed by atoms with Crippen LogP contribution in [0.25, 0.3) is 0 Å². The number of hydrogen-bond acceptors (Lipinski definition) is 3. The molecule has 0 aliphatic rings. The van der Waals surface area contributed by atoms with Gasteiger partial charge in [-0.1, -0.05) is 55.8 Å². The molecule has 0 fully saturated rings. The largest absolute Gasteiger partial charge is 0.396 e. The van der Waals surface area contributed by atoms with Crippen LogP contribution in [0.3, 0.4) is 0 Å². The van der Waals surface area contributed by atoms with Crippen LogP contribution in [0.15, 0.2) is 28.7 Å². The van der Waals surface area contributed by atoms with Gasteiger partial charge in [0.2, 0.25) is 0 Å². The minimum absolute atomic E-state index is 0.101. The van der Waals surface area contributed by atoms with Crippen molar-refractivity contribution in [2.24, 2.45) is 5.41 Å². The Morgan fingerprint density at radius 2 is 1.65 bits per heavy atom. The summed E-state index contributed by atoms with van der Waals surface area (Å²) in [6.45, 7) is 8.51. The van der Waals surface area contributed by atoms with E-state index in [1.54, 1.807) is 12.1 Å². The molecule has 0 amide bonds. The number of carbonyl (C=O) groups is 1. The summed E-state index contributed by atoms with van der Waals surface area (Å²) < 4.78 is 0.937. The summed E-state index contributed by atoms with van der Waals surface area (Å²) in [7, 11) is 0. The molecular weight excluding hydrogens is 320 g/mol. The molecule has 0 atom stereocenters. The van der Waals surface area contributed by atoms with Crippen LogP contribution >= 0.6 is 15.9 Å². The van der Waals surface area contributed by atoms with Crippen molar-refractivity contribution >= 4 is 22.2 Å². The number of carbonyl (C=O) groups excluding carboxylic acids is 1. The fourth-order valence-electron chi connectivity index (χ4n) is 1.31. The van der Waals surface area contributed by atoms with E-state index in [1.807, 2.05) is 39.8 Å². The average molecular weight is 347 g/mol. The topological polar surface area (TPSA) is 57.5 Å². The van der Waals surface area contributed by atoms with Gasteiger partial charge < -0.3 is 10.2 Å². The average Bonchev–Trinajstić information content (AvgIpc) is 2.41. The normalized spacial score (nSPS) is 9.75. The molecule has 0 saturated carbocycles. The monoisotopic (exact) mass is 346 g/mol. The lowest BCUT2D eigenvalue weighted by atomic mass is 9.86. The van der Waals surface area contributed by atoms with E-state index >= 15 is 0 Å². The van der Waals surface area contributed by atoms with Crippen molar-refractivity contribution in [3.05, 3.63) is 34.3 Å². The molecule has 0 bridgehead atoms. The molecule has 1 rings (SSSR count). The third-order valence-electron chi connectivity index (χ3n) is 2.56. The highest BCUT2D eigenvalue weighted by atomic mass is 79.9. The van der Waals surface area contributed by atoms with E-state index < -0.39 is 0 Å². The lowest BCUT2D eigenvalue weighted by Crippen LogP contribution is -2.14. The summed E-state index contributed by atoms with van der Waals surface area (Å²) in [5.41, 5.74) is 0.799. The Bertz CT molecular complexity index is 343. The van der Waals surface area contributed by atoms with Gasteiger partial charge in [0.05, 0.1) is 0 Å². The predicted octanol–water partition coefficient (Wildman–Crippen LogP) is 4.07. The van der Waals surface area contributed by atoms with Crippen molar-refractivity contribution in [1.29, 1.82) is 0 Å². The van der Waals surface area contributed by atoms with Gasteiger partial charge in [-0.25, -0.2) is 0 Å². The van der Waals surface area contributed by atoms with E-state index in [0.717, 1.165) is 23.6 Å². The molecule has 20 heavy (non-hydrogen) atoms. The maximum Gasteiger partial charge on any atom is 0.150 e. The number of aliphatic hydroxyl groups is 2. The molecule has 0 unspecified atom stereocenters. The van der Waals surface area contributed by atoms with Gasteiger partial charge in [0.1, 0.15) is 6.29 Å². The summed E-state index contributed by atoms with van der Waals surface area (Å²) in [4.78, 5) is 10.1. The Morgan fingerprint density at radius 1 is 1.15 bits per heavy atom. The predicted molar refractivity (Wildman–Crippen MR) is 88.1 cm³/mol. The first-order valence-corrected chi connectivity index (χ1v) is 7.67. The molecular formula is C16H27BrO3. The van der Waals surface area contributed by atoms with Crippen molar-refractivity contribution in [2.45, 2.75) is 40.5 Å². The Kier molecular flexibility index (Phi) is 14.3. The standard InChI is InChI=1S/C7H5BrO.C7H16O2.C2H6/c8-7-3-1-2-6(4-7)5-9;1-7(2,3-5-8)4-6-9;1-2/h1-5H;8-9H,3-6H2,1-2H3;1-2H3. The van der Waals surface area contributed by atoms with E-state index in [2.05, 4.69) is 15.9 Å². The van der Waals surface area contributed by atoms with Crippen LogP contribution in [0.4, 0.5) is 0 Å². The Labute approximate surface area is 131 Å². The lowest BCUT2D eigenvalue weighted by Gasteiger charge is -2.21. The number of aldehydes is 1. The summed E-state index contributed by atoms with van der Waals surface area (Å²) in [6.07, 6.45) is 2.37. The molecule has 0 aliphatic carbocycles. The molecule has 0 spiro atoms. The first-order valence-electron chi connectivity index (χ1n) is 6.87. The van der Waals surface area contributed by atoms with Crippen molar-refractivity contribution in [1.82, 2.24) is 0 Å². The summed E-state index contributed by atoms with van der Waals surface area (Å²) in [5, 5.41) is 17.1. The summed E-state index contributed by atoms with van der Waals surface area (Å²) in [6, 6.07) is 7.24. The molecule has 1 aromatic rings. The van der Waals surface area contributed by atoms with Crippen molar-refractivity contribution in [2.75, 3.05) is 13.2 Å². The number of halogens is 1. The quantitative estimate of drug-likeness (QED) is 0.790. The Hall–Kier alpha value is -0.710. The van der Waals surface area contributed by atoms with E-state index in [1.165, 1.54) is 0 Å². The fraction of sp³-hybridized carbons (Fsp3) is 0.562. The van der Waals surface area contributed by atoms with Gasteiger partial charge in [0.15, 0.2) is 0 Å². The molecule has 4 heteroatoms. The molecule has 2 N–H and O–H groups in total. The Balaban J connectivity index is 0. The highest BCUT2D eigenvalue weighted by molar-refractivity contribution is 9.10. The van der Waals surface area contributed by atoms with E-state index in [0.29, 0.717) is 5.56 Å². The number of benzene rings is 1. The SMILES string of the molecule is CC.CC(C)(CCO)CCO.O=Cc1cccc(Br)c1. The summed E-state index contributed by atoms with van der Waals surface area (Å²) >= 11 is 3.24. The van der Waals surface area contributed by atoms with E-state index in [4.69, 9.17) is 10.2 Å². The van der Waals surface area contributed by atoms with Crippen LogP contribution in [-0.4, -0.2) is 29.7 Å². The van der Waals surface area contributed by atoms with Crippen molar-refractivity contribution < 1.29 is 15.0 Å². The van der Waals surface area contributed by atoms with Crippen LogP contribution in [0.2, 0.25) is 0 Å². The molecule has 1 aromatic carbocycles. The van der Waals surface area contributed by atoms with E-state index in [-0.39, 0.29) is 18.6 Å². The molecule has 116 valence electrons. The molecule has 0 radical (unpaired) electrons. The second-order valence-electron chi connectivity index (χ2n) is 4.78. The minimum atomic E-state index is 0.101. The first kappa shape index (κ1) is 21.6. The highest BCUT2D eigenvalue weighted by Gasteiger charge is 2.15. The van der Waals surface area contributed by atoms with Gasteiger partial charge >= 0.3 is 0 Å².